The molecule has 63 heavy (non-hydrogen) atoms. The first-order chi connectivity index (χ1) is 30.8. The number of rotatable bonds is 45. The van der Waals surface area contributed by atoms with Crippen LogP contribution in [0.2, 0.25) is 0 Å². The molecular weight excluding hydrogens is 781 g/mol. The molecule has 6 nitrogen and oxygen atoms in total. The molecule has 0 spiro atoms. The van der Waals surface area contributed by atoms with Crippen LogP contribution in [0, 0.1) is 0 Å². The minimum atomic E-state index is -2.84. The van der Waals surface area contributed by atoms with E-state index in [-0.39, 0.29) is 19.3 Å². The van der Waals surface area contributed by atoms with Gasteiger partial charge in [-0.05, 0) is 116 Å². The van der Waals surface area contributed by atoms with E-state index in [9.17, 15) is 29.7 Å². The fourth-order valence-electron chi connectivity index (χ4n) is 7.35. The second kappa shape index (κ2) is 45.4. The van der Waals surface area contributed by atoms with Gasteiger partial charge in [0, 0.05) is 19.3 Å². The molecule has 0 aromatic carbocycles. The monoisotopic (exact) mass is 875 g/mol. The summed E-state index contributed by atoms with van der Waals surface area (Å²) in [6.45, 7) is 6.48. The highest BCUT2D eigenvalue weighted by Gasteiger charge is 2.53. The lowest BCUT2D eigenvalue weighted by Gasteiger charge is -2.34. The average Bonchev–Trinajstić information content (AvgIpc) is 3.29. The van der Waals surface area contributed by atoms with Crippen LogP contribution in [0.15, 0.2) is 97.2 Å². The molecule has 0 radical (unpaired) electrons. The number of carbonyl (C=O) groups excluding carboxylic acids is 3. The van der Waals surface area contributed by atoms with Gasteiger partial charge in [-0.3, -0.25) is 14.4 Å². The first-order valence-electron chi connectivity index (χ1n) is 25.6. The molecule has 0 heterocycles. The van der Waals surface area contributed by atoms with Crippen molar-refractivity contribution in [2.75, 3.05) is 0 Å². The first kappa shape index (κ1) is 59.8. The van der Waals surface area contributed by atoms with E-state index >= 15 is 0 Å². The number of aliphatic hydroxyl groups is 3. The third-order valence-corrected chi connectivity index (χ3v) is 11.4. The van der Waals surface area contributed by atoms with Crippen LogP contribution in [0.4, 0.5) is 0 Å². The molecule has 0 aliphatic rings. The maximum absolute atomic E-state index is 13.6. The minimum absolute atomic E-state index is 0.0221. The molecule has 3 N–H and O–H groups in total. The van der Waals surface area contributed by atoms with E-state index in [0.29, 0.717) is 19.3 Å². The molecule has 0 aromatic heterocycles. The van der Waals surface area contributed by atoms with E-state index in [0.717, 1.165) is 148 Å². The Balaban J connectivity index is 4.94. The van der Waals surface area contributed by atoms with Gasteiger partial charge in [0.05, 0.1) is 0 Å². The Morgan fingerprint density at radius 1 is 0.365 bits per heavy atom. The number of ketones is 3. The number of hydrogen-bond donors (Lipinski definition) is 3. The summed E-state index contributed by atoms with van der Waals surface area (Å²) >= 11 is 0. The second-order valence-electron chi connectivity index (χ2n) is 17.2. The standard InChI is InChI=1S/C57H94O6/c1-4-7-10-13-16-19-22-25-28-31-34-37-40-43-46-49-52(58)55(61)57(63,54(60)51-48-45-42-39-36-33-30-27-24-21-18-15-12-9-6-3)56(62)53(59)50-47-44-41-38-35-32-29-26-23-20-17-14-11-8-5-2/h7,9-10,12,16-21,25-30,55-56,61-63H,4-6,8,11,13-15,22-24,31-51H2,1-3H3/b10-7-,12-9-,19-16-,20-17-,21-18-,28-25-,29-26-,30-27-. The SMILES string of the molecule is CC/C=C\C/C=C\C/C=C\CCCCCCCC(=O)C(O)C(O)(C(=O)CCCCCCC/C=C\C/C=C\C/C=C\CC)C(O)C(=O)CCCCCCC/C=C\C/C=C\CCCCC. The minimum Gasteiger partial charge on any atom is -0.382 e. The Kier molecular flexibility index (Phi) is 43.1. The molecule has 358 valence electrons. The van der Waals surface area contributed by atoms with Crippen LogP contribution in [0.3, 0.4) is 0 Å². The Morgan fingerprint density at radius 2 is 0.635 bits per heavy atom. The molecule has 0 aliphatic carbocycles. The van der Waals surface area contributed by atoms with Crippen molar-refractivity contribution < 1.29 is 29.7 Å². The van der Waals surface area contributed by atoms with Gasteiger partial charge in [-0.25, -0.2) is 0 Å². The molecule has 6 heteroatoms. The highest BCUT2D eigenvalue weighted by Crippen LogP contribution is 2.26. The molecule has 0 fully saturated rings. The highest BCUT2D eigenvalue weighted by molar-refractivity contribution is 6.01. The van der Waals surface area contributed by atoms with Crippen LogP contribution in [0.1, 0.15) is 226 Å². The molecule has 3 atom stereocenters. The summed E-state index contributed by atoms with van der Waals surface area (Å²) in [6.07, 6.45) is 58.3. The van der Waals surface area contributed by atoms with Crippen LogP contribution in [-0.4, -0.2) is 50.5 Å². The smallest absolute Gasteiger partial charge is 0.189 e. The third kappa shape index (κ3) is 34.8. The van der Waals surface area contributed by atoms with E-state index in [4.69, 9.17) is 0 Å². The van der Waals surface area contributed by atoms with Gasteiger partial charge in [-0.2, -0.15) is 0 Å². The molecule has 0 rings (SSSR count). The zero-order valence-electron chi connectivity index (χ0n) is 40.6. The van der Waals surface area contributed by atoms with Crippen molar-refractivity contribution in [3.63, 3.8) is 0 Å². The zero-order chi connectivity index (χ0) is 46.3. The molecule has 0 aromatic rings. The second-order valence-corrected chi connectivity index (χ2v) is 17.2. The summed E-state index contributed by atoms with van der Waals surface area (Å²) in [7, 11) is 0. The Morgan fingerprint density at radius 3 is 0.968 bits per heavy atom. The summed E-state index contributed by atoms with van der Waals surface area (Å²) in [6, 6.07) is 0. The van der Waals surface area contributed by atoms with E-state index in [2.05, 4.69) is 118 Å². The van der Waals surface area contributed by atoms with Gasteiger partial charge in [0.25, 0.3) is 0 Å². The van der Waals surface area contributed by atoms with Crippen molar-refractivity contribution in [2.24, 2.45) is 0 Å². The normalized spacial score (nSPS) is 14.6. The van der Waals surface area contributed by atoms with Crippen LogP contribution in [0.25, 0.3) is 0 Å². The van der Waals surface area contributed by atoms with Crippen molar-refractivity contribution in [1.29, 1.82) is 0 Å². The summed E-state index contributed by atoms with van der Waals surface area (Å²) in [5.74, 6) is -2.23. The lowest BCUT2D eigenvalue weighted by molar-refractivity contribution is -0.181. The Bertz CT molecular complexity index is 1350. The topological polar surface area (TPSA) is 112 Å². The molecule has 0 aliphatic heterocycles. The van der Waals surface area contributed by atoms with E-state index in [1.807, 2.05) is 0 Å². The van der Waals surface area contributed by atoms with Gasteiger partial charge in [0.2, 0.25) is 0 Å². The first-order valence-corrected chi connectivity index (χ1v) is 25.6. The Hall–Kier alpha value is -3.19. The van der Waals surface area contributed by atoms with Gasteiger partial charge < -0.3 is 15.3 Å². The molecule has 3 unspecified atom stereocenters. The van der Waals surface area contributed by atoms with Crippen molar-refractivity contribution in [1.82, 2.24) is 0 Å². The van der Waals surface area contributed by atoms with Gasteiger partial charge in [0.1, 0.15) is 0 Å². The summed E-state index contributed by atoms with van der Waals surface area (Å²) in [5.41, 5.74) is -2.84. The lowest BCUT2D eigenvalue weighted by Crippen LogP contribution is -2.63. The van der Waals surface area contributed by atoms with Crippen molar-refractivity contribution in [3.8, 4) is 0 Å². The van der Waals surface area contributed by atoms with E-state index < -0.39 is 35.2 Å². The number of unbranched alkanes of at least 4 members (excludes halogenated alkanes) is 18. The summed E-state index contributed by atoms with van der Waals surface area (Å²) in [5, 5.41) is 34.1. The van der Waals surface area contributed by atoms with Crippen molar-refractivity contribution >= 4 is 17.3 Å². The predicted molar refractivity (Wildman–Crippen MR) is 270 cm³/mol. The maximum atomic E-state index is 13.6. The van der Waals surface area contributed by atoms with Crippen LogP contribution in [-0.2, 0) is 14.4 Å². The quantitative estimate of drug-likeness (QED) is 0.0415. The average molecular weight is 875 g/mol. The number of Topliss-reactive ketones (excluding diaryl/α,β-unsaturated/α-hetero) is 3. The van der Waals surface area contributed by atoms with Crippen LogP contribution >= 0.6 is 0 Å². The van der Waals surface area contributed by atoms with E-state index in [1.165, 1.54) is 19.3 Å². The molecule has 0 saturated carbocycles. The van der Waals surface area contributed by atoms with Gasteiger partial charge in [-0.15, -0.1) is 0 Å². The lowest BCUT2D eigenvalue weighted by atomic mass is 9.78. The van der Waals surface area contributed by atoms with Crippen LogP contribution in [0.5, 0.6) is 0 Å². The largest absolute Gasteiger partial charge is 0.382 e. The molecular formula is C57H94O6. The number of carbonyl (C=O) groups is 3. The van der Waals surface area contributed by atoms with Gasteiger partial charge in [0.15, 0.2) is 35.2 Å². The van der Waals surface area contributed by atoms with Crippen LogP contribution < -0.4 is 0 Å². The van der Waals surface area contributed by atoms with E-state index in [1.54, 1.807) is 0 Å². The fraction of sp³-hybridized carbons (Fsp3) is 0.667. The molecule has 0 saturated heterocycles. The predicted octanol–water partition coefficient (Wildman–Crippen LogP) is 15.1. The maximum Gasteiger partial charge on any atom is 0.189 e. The summed E-state index contributed by atoms with van der Waals surface area (Å²) < 4.78 is 0. The van der Waals surface area contributed by atoms with Gasteiger partial charge >= 0.3 is 0 Å². The zero-order valence-corrected chi connectivity index (χ0v) is 40.6. The van der Waals surface area contributed by atoms with Gasteiger partial charge in [-0.1, -0.05) is 189 Å². The fourth-order valence-corrected chi connectivity index (χ4v) is 7.35. The van der Waals surface area contributed by atoms with Crippen molar-refractivity contribution in [2.45, 2.75) is 244 Å². The molecule has 0 bridgehead atoms. The number of allylic oxidation sites excluding steroid dienone is 16. The number of aliphatic hydroxyl groups excluding tert-OH is 2. The number of hydrogen-bond acceptors (Lipinski definition) is 6. The summed E-state index contributed by atoms with van der Waals surface area (Å²) in [4.78, 5) is 40.1. The molecule has 0 amide bonds. The highest BCUT2D eigenvalue weighted by atomic mass is 16.4. The third-order valence-electron chi connectivity index (χ3n) is 11.4. The Labute approximate surface area is 387 Å². The van der Waals surface area contributed by atoms with Crippen molar-refractivity contribution in [3.05, 3.63) is 97.2 Å².